The van der Waals surface area contributed by atoms with Crippen molar-refractivity contribution in [2.24, 2.45) is 0 Å². The van der Waals surface area contributed by atoms with Crippen LogP contribution in [0.2, 0.25) is 0 Å². The highest BCUT2D eigenvalue weighted by atomic mass is 16.5. The summed E-state index contributed by atoms with van der Waals surface area (Å²) in [5, 5.41) is 8.14. The molecule has 0 fully saturated rings. The highest BCUT2D eigenvalue weighted by Crippen LogP contribution is 2.28. The summed E-state index contributed by atoms with van der Waals surface area (Å²) in [5.41, 5.74) is 0.386. The number of aromatic nitrogens is 3. The fraction of sp³-hybridized carbons (Fsp3) is 0.263. The van der Waals surface area contributed by atoms with Crippen LogP contribution in [0.25, 0.3) is 10.9 Å². The molecule has 0 amide bonds. The van der Waals surface area contributed by atoms with Gasteiger partial charge in [-0.2, -0.15) is 4.68 Å². The van der Waals surface area contributed by atoms with E-state index >= 15 is 0 Å². The smallest absolute Gasteiger partial charge is 0.340 e. The molecule has 8 heteroatoms. The van der Waals surface area contributed by atoms with E-state index in [0.717, 1.165) is 4.68 Å². The summed E-state index contributed by atoms with van der Waals surface area (Å²) < 4.78 is 17.2. The van der Waals surface area contributed by atoms with Gasteiger partial charge < -0.3 is 14.2 Å². The van der Waals surface area contributed by atoms with Crippen LogP contribution in [0, 0.1) is 0 Å². The van der Waals surface area contributed by atoms with Crippen LogP contribution in [0.5, 0.6) is 11.5 Å². The first-order valence-corrected chi connectivity index (χ1v) is 8.53. The summed E-state index contributed by atoms with van der Waals surface area (Å²) in [6.07, 6.45) is 0. The van der Waals surface area contributed by atoms with Crippen molar-refractivity contribution in [2.75, 3.05) is 13.2 Å². The van der Waals surface area contributed by atoms with Crippen molar-refractivity contribution in [2.45, 2.75) is 20.6 Å². The van der Waals surface area contributed by atoms with Gasteiger partial charge in [0, 0.05) is 0 Å². The van der Waals surface area contributed by atoms with Gasteiger partial charge in [0.15, 0.2) is 18.2 Å². The monoisotopic (exact) mass is 369 g/mol. The first kappa shape index (κ1) is 18.4. The van der Waals surface area contributed by atoms with Crippen LogP contribution in [0.1, 0.15) is 24.2 Å². The average molecular weight is 369 g/mol. The lowest BCUT2D eigenvalue weighted by molar-refractivity contribution is 0.0335. The second-order valence-corrected chi connectivity index (χ2v) is 5.50. The van der Waals surface area contributed by atoms with Gasteiger partial charge >= 0.3 is 5.97 Å². The molecule has 0 atom stereocenters. The summed E-state index contributed by atoms with van der Waals surface area (Å²) in [6, 6.07) is 11.6. The Hall–Kier alpha value is -3.42. The molecule has 140 valence electrons. The van der Waals surface area contributed by atoms with Crippen molar-refractivity contribution in [3.8, 4) is 11.5 Å². The molecule has 27 heavy (non-hydrogen) atoms. The van der Waals surface area contributed by atoms with Gasteiger partial charge in [-0.3, -0.25) is 4.79 Å². The molecule has 0 radical (unpaired) electrons. The highest BCUT2D eigenvalue weighted by molar-refractivity contribution is 5.90. The van der Waals surface area contributed by atoms with Gasteiger partial charge in [-0.05, 0) is 44.2 Å². The molecule has 8 nitrogen and oxygen atoms in total. The molecule has 1 heterocycles. The number of hydrogen-bond donors (Lipinski definition) is 0. The predicted octanol–water partition coefficient (Wildman–Crippen LogP) is 2.40. The van der Waals surface area contributed by atoms with Gasteiger partial charge in [0.05, 0.1) is 24.2 Å². The lowest BCUT2D eigenvalue weighted by Gasteiger charge is -2.12. The van der Waals surface area contributed by atoms with E-state index in [0.29, 0.717) is 35.6 Å². The molecular formula is C19H19N3O5. The third-order valence-corrected chi connectivity index (χ3v) is 3.73. The number of rotatable bonds is 7. The van der Waals surface area contributed by atoms with Crippen LogP contribution < -0.4 is 15.0 Å². The minimum Gasteiger partial charge on any atom is -0.490 e. The zero-order valence-electron chi connectivity index (χ0n) is 15.0. The molecule has 3 rings (SSSR count). The molecule has 1 aromatic heterocycles. The maximum atomic E-state index is 12.4. The van der Waals surface area contributed by atoms with E-state index in [-0.39, 0.29) is 17.9 Å². The van der Waals surface area contributed by atoms with Gasteiger partial charge in [0.25, 0.3) is 5.56 Å². The quantitative estimate of drug-likeness (QED) is 0.590. The Morgan fingerprint density at radius 3 is 2.56 bits per heavy atom. The fourth-order valence-electron chi connectivity index (χ4n) is 2.49. The van der Waals surface area contributed by atoms with Crippen molar-refractivity contribution in [1.29, 1.82) is 0 Å². The van der Waals surface area contributed by atoms with E-state index in [1.54, 1.807) is 42.5 Å². The summed E-state index contributed by atoms with van der Waals surface area (Å²) >= 11 is 0. The number of carbonyl (C=O) groups is 1. The van der Waals surface area contributed by atoms with Crippen LogP contribution in [0.4, 0.5) is 0 Å². The van der Waals surface area contributed by atoms with E-state index in [4.69, 9.17) is 14.2 Å². The highest BCUT2D eigenvalue weighted by Gasteiger charge is 2.14. The maximum Gasteiger partial charge on any atom is 0.340 e. The fourth-order valence-corrected chi connectivity index (χ4v) is 2.49. The van der Waals surface area contributed by atoms with Crippen molar-refractivity contribution in [3.63, 3.8) is 0 Å². The molecular weight excluding hydrogens is 350 g/mol. The van der Waals surface area contributed by atoms with Gasteiger partial charge in [0.2, 0.25) is 0 Å². The molecule has 0 bridgehead atoms. The SMILES string of the molecule is CCOc1ccc(C(=O)OCn2nnc3ccccc3c2=O)cc1OCC. The van der Waals surface area contributed by atoms with Crippen molar-refractivity contribution >= 4 is 16.9 Å². The molecule has 0 saturated heterocycles. The predicted molar refractivity (Wildman–Crippen MR) is 98.0 cm³/mol. The summed E-state index contributed by atoms with van der Waals surface area (Å²) in [5.74, 6) is 0.393. The molecule has 3 aromatic rings. The van der Waals surface area contributed by atoms with E-state index < -0.39 is 5.97 Å². The zero-order chi connectivity index (χ0) is 19.2. The molecule has 0 N–H and O–H groups in total. The number of nitrogens with zero attached hydrogens (tertiary/aromatic N) is 3. The van der Waals surface area contributed by atoms with Crippen LogP contribution in [0.3, 0.4) is 0 Å². The zero-order valence-corrected chi connectivity index (χ0v) is 15.0. The number of fused-ring (bicyclic) bond motifs is 1. The normalized spacial score (nSPS) is 10.6. The van der Waals surface area contributed by atoms with E-state index in [9.17, 15) is 9.59 Å². The topological polar surface area (TPSA) is 92.5 Å². The standard InChI is InChI=1S/C19H19N3O5/c1-3-25-16-10-9-13(11-17(16)26-4-2)19(24)27-12-22-18(23)14-7-5-6-8-15(14)20-21-22/h5-11H,3-4,12H2,1-2H3. The molecule has 0 aliphatic carbocycles. The third-order valence-electron chi connectivity index (χ3n) is 3.73. The van der Waals surface area contributed by atoms with Crippen LogP contribution in [-0.4, -0.2) is 34.2 Å². The van der Waals surface area contributed by atoms with Gasteiger partial charge in [-0.15, -0.1) is 5.10 Å². The summed E-state index contributed by atoms with van der Waals surface area (Å²) in [4.78, 5) is 24.7. The Labute approximate surface area is 155 Å². The van der Waals surface area contributed by atoms with E-state index in [2.05, 4.69) is 10.3 Å². The van der Waals surface area contributed by atoms with Crippen LogP contribution in [-0.2, 0) is 11.5 Å². The summed E-state index contributed by atoms with van der Waals surface area (Å²) in [6.45, 7) is 4.27. The minimum absolute atomic E-state index is 0.281. The van der Waals surface area contributed by atoms with Crippen molar-refractivity contribution < 1.29 is 19.0 Å². The van der Waals surface area contributed by atoms with E-state index in [1.165, 1.54) is 0 Å². The number of hydrogen-bond acceptors (Lipinski definition) is 7. The lowest BCUT2D eigenvalue weighted by Crippen LogP contribution is -2.26. The Bertz CT molecular complexity index is 1020. The Kier molecular flexibility index (Phi) is 5.65. The number of carbonyl (C=O) groups excluding carboxylic acids is 1. The van der Waals surface area contributed by atoms with Crippen molar-refractivity contribution in [3.05, 3.63) is 58.4 Å². The number of benzene rings is 2. The lowest BCUT2D eigenvalue weighted by atomic mass is 10.2. The molecule has 0 aliphatic rings. The Balaban J connectivity index is 1.77. The molecule has 0 spiro atoms. The number of esters is 1. The van der Waals surface area contributed by atoms with Gasteiger partial charge in [0.1, 0.15) is 5.52 Å². The number of ether oxygens (including phenoxy) is 3. The molecule has 0 unspecified atom stereocenters. The van der Waals surface area contributed by atoms with Gasteiger partial charge in [-0.1, -0.05) is 17.3 Å². The molecule has 2 aromatic carbocycles. The first-order valence-electron chi connectivity index (χ1n) is 8.53. The molecule has 0 aliphatic heterocycles. The Morgan fingerprint density at radius 2 is 1.78 bits per heavy atom. The average Bonchev–Trinajstić information content (AvgIpc) is 2.69. The Morgan fingerprint density at radius 1 is 1.04 bits per heavy atom. The van der Waals surface area contributed by atoms with Crippen LogP contribution in [0.15, 0.2) is 47.3 Å². The van der Waals surface area contributed by atoms with Crippen LogP contribution >= 0.6 is 0 Å². The van der Waals surface area contributed by atoms with Gasteiger partial charge in [-0.25, -0.2) is 4.79 Å². The minimum atomic E-state index is -0.610. The maximum absolute atomic E-state index is 12.4. The summed E-state index contributed by atoms with van der Waals surface area (Å²) in [7, 11) is 0. The second kappa shape index (κ2) is 8.31. The largest absolute Gasteiger partial charge is 0.490 e. The second-order valence-electron chi connectivity index (χ2n) is 5.50. The molecule has 0 saturated carbocycles. The van der Waals surface area contributed by atoms with E-state index in [1.807, 2.05) is 13.8 Å². The first-order chi connectivity index (χ1) is 13.1. The van der Waals surface area contributed by atoms with Crippen molar-refractivity contribution in [1.82, 2.24) is 15.0 Å². The third kappa shape index (κ3) is 4.05.